The summed E-state index contributed by atoms with van der Waals surface area (Å²) in [5.74, 6) is 1.47. The van der Waals surface area contributed by atoms with E-state index in [0.717, 1.165) is 37.2 Å². The molecule has 2 N–H and O–H groups in total. The number of amides is 1. The van der Waals surface area contributed by atoms with Crippen LogP contribution >= 0.6 is 0 Å². The molecule has 5 heteroatoms. The molecule has 1 aromatic carbocycles. The quantitative estimate of drug-likeness (QED) is 0.741. The number of hydrogen-bond acceptors (Lipinski definition) is 4. The maximum Gasteiger partial charge on any atom is 0.239 e. The lowest BCUT2D eigenvalue weighted by molar-refractivity contribution is -0.119. The van der Waals surface area contributed by atoms with Crippen molar-refractivity contribution in [1.29, 1.82) is 0 Å². The molecule has 0 radical (unpaired) electrons. The molecular weight excluding hydrogens is 244 g/mol. The van der Waals surface area contributed by atoms with Crippen LogP contribution in [0.1, 0.15) is 26.2 Å². The molecule has 2 rings (SSSR count). The Bertz CT molecular complexity index is 435. The first-order valence-corrected chi connectivity index (χ1v) is 6.70. The minimum atomic E-state index is 0.00812. The SMILES string of the molecule is CCCCCNC(=O)CNc1ccc2c(c1)OCO2. The number of hydrogen-bond donors (Lipinski definition) is 2. The fraction of sp³-hybridized carbons (Fsp3) is 0.500. The molecule has 1 amide bonds. The molecule has 0 spiro atoms. The number of benzene rings is 1. The van der Waals surface area contributed by atoms with Crippen LogP contribution in [0.3, 0.4) is 0 Å². The number of ether oxygens (including phenoxy) is 2. The van der Waals surface area contributed by atoms with Crippen LogP contribution in [-0.4, -0.2) is 25.8 Å². The van der Waals surface area contributed by atoms with Gasteiger partial charge in [0, 0.05) is 18.3 Å². The van der Waals surface area contributed by atoms with Gasteiger partial charge in [0.25, 0.3) is 0 Å². The molecule has 0 aromatic heterocycles. The van der Waals surface area contributed by atoms with Gasteiger partial charge < -0.3 is 20.1 Å². The van der Waals surface area contributed by atoms with Gasteiger partial charge in [0.15, 0.2) is 11.5 Å². The molecule has 1 aliphatic heterocycles. The Balaban J connectivity index is 1.71. The highest BCUT2D eigenvalue weighted by Crippen LogP contribution is 2.34. The summed E-state index contributed by atoms with van der Waals surface area (Å²) in [4.78, 5) is 11.6. The molecule has 1 heterocycles. The zero-order valence-corrected chi connectivity index (χ0v) is 11.2. The van der Waals surface area contributed by atoms with E-state index in [1.807, 2.05) is 18.2 Å². The number of fused-ring (bicyclic) bond motifs is 1. The van der Waals surface area contributed by atoms with Crippen LogP contribution in [0.25, 0.3) is 0 Å². The molecule has 0 atom stereocenters. The number of rotatable bonds is 7. The monoisotopic (exact) mass is 264 g/mol. The fourth-order valence-electron chi connectivity index (χ4n) is 1.85. The summed E-state index contributed by atoms with van der Waals surface area (Å²) >= 11 is 0. The molecule has 0 bridgehead atoms. The maximum atomic E-state index is 11.6. The zero-order valence-electron chi connectivity index (χ0n) is 11.2. The van der Waals surface area contributed by atoms with E-state index in [1.165, 1.54) is 0 Å². The topological polar surface area (TPSA) is 59.6 Å². The highest BCUT2D eigenvalue weighted by molar-refractivity contribution is 5.80. The standard InChI is InChI=1S/C14H20N2O3/c1-2-3-4-7-15-14(17)9-16-11-5-6-12-13(8-11)19-10-18-12/h5-6,8,16H,2-4,7,9-10H2,1H3,(H,15,17). The first-order chi connectivity index (χ1) is 9.29. The van der Waals surface area contributed by atoms with Crippen molar-refractivity contribution in [3.63, 3.8) is 0 Å². The van der Waals surface area contributed by atoms with Crippen LogP contribution in [0, 0.1) is 0 Å². The van der Waals surface area contributed by atoms with Crippen molar-refractivity contribution in [2.45, 2.75) is 26.2 Å². The van der Waals surface area contributed by atoms with Gasteiger partial charge >= 0.3 is 0 Å². The van der Waals surface area contributed by atoms with E-state index in [-0.39, 0.29) is 19.2 Å². The Morgan fingerprint density at radius 2 is 2.11 bits per heavy atom. The Morgan fingerprint density at radius 3 is 2.95 bits per heavy atom. The van der Waals surface area contributed by atoms with E-state index in [1.54, 1.807) is 0 Å². The Labute approximate surface area is 113 Å². The number of anilines is 1. The largest absolute Gasteiger partial charge is 0.454 e. The third-order valence-corrected chi connectivity index (χ3v) is 2.93. The number of carbonyl (C=O) groups is 1. The van der Waals surface area contributed by atoms with E-state index in [0.29, 0.717) is 5.75 Å². The smallest absolute Gasteiger partial charge is 0.239 e. The van der Waals surface area contributed by atoms with E-state index >= 15 is 0 Å². The Hall–Kier alpha value is -1.91. The van der Waals surface area contributed by atoms with Gasteiger partial charge in [-0.05, 0) is 18.6 Å². The normalized spacial score (nSPS) is 12.3. The van der Waals surface area contributed by atoms with Gasteiger partial charge in [-0.15, -0.1) is 0 Å². The van der Waals surface area contributed by atoms with E-state index < -0.39 is 0 Å². The molecular formula is C14H20N2O3. The lowest BCUT2D eigenvalue weighted by atomic mass is 10.2. The third kappa shape index (κ3) is 4.05. The highest BCUT2D eigenvalue weighted by Gasteiger charge is 2.13. The lowest BCUT2D eigenvalue weighted by Crippen LogP contribution is -2.30. The average molecular weight is 264 g/mol. The van der Waals surface area contributed by atoms with Crippen LogP contribution in [-0.2, 0) is 4.79 Å². The van der Waals surface area contributed by atoms with Crippen molar-refractivity contribution in [2.75, 3.05) is 25.2 Å². The average Bonchev–Trinajstić information content (AvgIpc) is 2.89. The summed E-state index contributed by atoms with van der Waals surface area (Å²) in [5.41, 5.74) is 0.855. The number of unbranched alkanes of at least 4 members (excludes halogenated alkanes) is 2. The van der Waals surface area contributed by atoms with Crippen LogP contribution in [0.2, 0.25) is 0 Å². The van der Waals surface area contributed by atoms with Gasteiger partial charge in [0.1, 0.15) is 0 Å². The predicted molar refractivity (Wildman–Crippen MR) is 73.6 cm³/mol. The second-order valence-electron chi connectivity index (χ2n) is 4.48. The first-order valence-electron chi connectivity index (χ1n) is 6.70. The highest BCUT2D eigenvalue weighted by atomic mass is 16.7. The lowest BCUT2D eigenvalue weighted by Gasteiger charge is -2.08. The third-order valence-electron chi connectivity index (χ3n) is 2.93. The van der Waals surface area contributed by atoms with Crippen LogP contribution < -0.4 is 20.1 Å². The van der Waals surface area contributed by atoms with Crippen LogP contribution in [0.15, 0.2) is 18.2 Å². The van der Waals surface area contributed by atoms with Gasteiger partial charge in [-0.3, -0.25) is 4.79 Å². The summed E-state index contributed by atoms with van der Waals surface area (Å²) < 4.78 is 10.5. The van der Waals surface area contributed by atoms with Gasteiger partial charge in [-0.25, -0.2) is 0 Å². The summed E-state index contributed by atoms with van der Waals surface area (Å²) in [6, 6.07) is 5.55. The molecule has 0 fully saturated rings. The summed E-state index contributed by atoms with van der Waals surface area (Å²) in [7, 11) is 0. The van der Waals surface area contributed by atoms with Gasteiger partial charge in [-0.2, -0.15) is 0 Å². The summed E-state index contributed by atoms with van der Waals surface area (Å²) in [6.07, 6.45) is 3.34. The second kappa shape index (κ2) is 6.87. The van der Waals surface area contributed by atoms with Gasteiger partial charge in [0.2, 0.25) is 12.7 Å². The molecule has 0 saturated heterocycles. The van der Waals surface area contributed by atoms with Gasteiger partial charge in [-0.1, -0.05) is 19.8 Å². The van der Waals surface area contributed by atoms with Gasteiger partial charge in [0.05, 0.1) is 6.54 Å². The molecule has 0 unspecified atom stereocenters. The minimum absolute atomic E-state index is 0.00812. The molecule has 1 aromatic rings. The molecule has 1 aliphatic rings. The second-order valence-corrected chi connectivity index (χ2v) is 4.48. The first kappa shape index (κ1) is 13.5. The Kier molecular flexibility index (Phi) is 4.89. The minimum Gasteiger partial charge on any atom is -0.454 e. The zero-order chi connectivity index (χ0) is 13.5. The molecule has 5 nitrogen and oxygen atoms in total. The number of carbonyl (C=O) groups excluding carboxylic acids is 1. The van der Waals surface area contributed by atoms with E-state index in [4.69, 9.17) is 9.47 Å². The van der Waals surface area contributed by atoms with E-state index in [2.05, 4.69) is 17.6 Å². The van der Waals surface area contributed by atoms with Crippen molar-refractivity contribution in [2.24, 2.45) is 0 Å². The Morgan fingerprint density at radius 1 is 1.26 bits per heavy atom. The number of nitrogens with one attached hydrogen (secondary N) is 2. The van der Waals surface area contributed by atoms with Crippen LogP contribution in [0.4, 0.5) is 5.69 Å². The summed E-state index contributed by atoms with van der Waals surface area (Å²) in [6.45, 7) is 3.42. The molecule has 104 valence electrons. The maximum absolute atomic E-state index is 11.6. The summed E-state index contributed by atoms with van der Waals surface area (Å²) in [5, 5.41) is 5.95. The van der Waals surface area contributed by atoms with Crippen molar-refractivity contribution in [3.8, 4) is 11.5 Å². The molecule has 0 aliphatic carbocycles. The molecule has 19 heavy (non-hydrogen) atoms. The van der Waals surface area contributed by atoms with E-state index in [9.17, 15) is 4.79 Å². The molecule has 0 saturated carbocycles. The van der Waals surface area contributed by atoms with Crippen molar-refractivity contribution in [1.82, 2.24) is 5.32 Å². The van der Waals surface area contributed by atoms with Crippen molar-refractivity contribution >= 4 is 11.6 Å². The predicted octanol–water partition coefficient (Wildman–Crippen LogP) is 2.13. The van der Waals surface area contributed by atoms with Crippen molar-refractivity contribution in [3.05, 3.63) is 18.2 Å². The van der Waals surface area contributed by atoms with Crippen LogP contribution in [0.5, 0.6) is 11.5 Å². The van der Waals surface area contributed by atoms with Crippen molar-refractivity contribution < 1.29 is 14.3 Å². The fourth-order valence-corrected chi connectivity index (χ4v) is 1.85.